The molecule has 3 N–H and O–H groups in total. The van der Waals surface area contributed by atoms with Gasteiger partial charge in [0, 0.05) is 24.5 Å². The number of nitrogens with zero attached hydrogens (tertiary/aromatic N) is 1. The van der Waals surface area contributed by atoms with Crippen LogP contribution in [0.3, 0.4) is 0 Å². The number of aliphatic hydroxyl groups excluding tert-OH is 1. The Kier molecular flexibility index (Phi) is 4.42. The molecule has 0 heterocycles. The maximum absolute atomic E-state index is 10.3. The molecule has 3 heteroatoms. The summed E-state index contributed by atoms with van der Waals surface area (Å²) in [5.41, 5.74) is 8.38. The summed E-state index contributed by atoms with van der Waals surface area (Å²) in [5.74, 6) is 0. The molecule has 2 rings (SSSR count). The van der Waals surface area contributed by atoms with E-state index >= 15 is 0 Å². The van der Waals surface area contributed by atoms with Gasteiger partial charge in [-0.3, -0.25) is 0 Å². The van der Waals surface area contributed by atoms with Crippen LogP contribution in [0.15, 0.2) is 54.6 Å². The van der Waals surface area contributed by atoms with E-state index in [2.05, 4.69) is 24.0 Å². The molecule has 3 nitrogen and oxygen atoms in total. The zero-order chi connectivity index (χ0) is 13.7. The maximum Gasteiger partial charge on any atom is 0.0964 e. The number of likely N-dealkylation sites (N-methyl/N-ethyl adjacent to an activating group) is 1. The van der Waals surface area contributed by atoms with Crippen LogP contribution in [0.5, 0.6) is 0 Å². The van der Waals surface area contributed by atoms with Crippen LogP contribution < -0.4 is 10.6 Å². The van der Waals surface area contributed by atoms with Gasteiger partial charge >= 0.3 is 0 Å². The summed E-state index contributed by atoms with van der Waals surface area (Å²) >= 11 is 0. The van der Waals surface area contributed by atoms with Gasteiger partial charge in [-0.15, -0.1) is 0 Å². The van der Waals surface area contributed by atoms with E-state index < -0.39 is 6.10 Å². The van der Waals surface area contributed by atoms with Crippen molar-refractivity contribution in [2.24, 2.45) is 0 Å². The van der Waals surface area contributed by atoms with Crippen LogP contribution >= 0.6 is 0 Å². The highest BCUT2D eigenvalue weighted by Gasteiger charge is 2.12. The normalized spacial score (nSPS) is 12.1. The number of nitrogens with two attached hydrogens (primary N) is 1. The highest BCUT2D eigenvalue weighted by Crippen LogP contribution is 2.20. The van der Waals surface area contributed by atoms with E-state index in [1.807, 2.05) is 42.5 Å². The smallest absolute Gasteiger partial charge is 0.0964 e. The van der Waals surface area contributed by atoms with E-state index in [0.717, 1.165) is 17.8 Å². The van der Waals surface area contributed by atoms with E-state index in [1.165, 1.54) is 0 Å². The molecular weight excluding hydrogens is 236 g/mol. The van der Waals surface area contributed by atoms with E-state index in [0.29, 0.717) is 12.2 Å². The maximum atomic E-state index is 10.3. The summed E-state index contributed by atoms with van der Waals surface area (Å²) in [5, 5.41) is 10.3. The molecule has 2 aromatic rings. The number of nitrogen functional groups attached to an aromatic ring is 1. The highest BCUT2D eigenvalue weighted by molar-refractivity contribution is 5.46. The highest BCUT2D eigenvalue weighted by atomic mass is 16.3. The van der Waals surface area contributed by atoms with Gasteiger partial charge in [-0.2, -0.15) is 0 Å². The Morgan fingerprint density at radius 3 is 2.26 bits per heavy atom. The second kappa shape index (κ2) is 6.25. The van der Waals surface area contributed by atoms with Crippen LogP contribution in [0.2, 0.25) is 0 Å². The monoisotopic (exact) mass is 256 g/mol. The van der Waals surface area contributed by atoms with Crippen LogP contribution in [-0.4, -0.2) is 18.2 Å². The number of benzene rings is 2. The van der Waals surface area contributed by atoms with Crippen molar-refractivity contribution >= 4 is 11.4 Å². The van der Waals surface area contributed by atoms with Crippen LogP contribution in [0, 0.1) is 0 Å². The minimum Gasteiger partial charge on any atom is -0.399 e. The van der Waals surface area contributed by atoms with Crippen molar-refractivity contribution in [2.75, 3.05) is 23.7 Å². The summed E-state index contributed by atoms with van der Waals surface area (Å²) in [6, 6.07) is 17.5. The fourth-order valence-corrected chi connectivity index (χ4v) is 2.09. The van der Waals surface area contributed by atoms with E-state index in [-0.39, 0.29) is 0 Å². The van der Waals surface area contributed by atoms with Crippen molar-refractivity contribution < 1.29 is 5.11 Å². The third kappa shape index (κ3) is 3.48. The van der Waals surface area contributed by atoms with Gasteiger partial charge < -0.3 is 15.7 Å². The number of hydrogen-bond donors (Lipinski definition) is 2. The zero-order valence-electron chi connectivity index (χ0n) is 11.2. The second-order valence-electron chi connectivity index (χ2n) is 4.56. The Morgan fingerprint density at radius 1 is 1.05 bits per heavy atom. The number of hydrogen-bond acceptors (Lipinski definition) is 3. The van der Waals surface area contributed by atoms with Crippen molar-refractivity contribution in [2.45, 2.75) is 13.0 Å². The first-order valence-corrected chi connectivity index (χ1v) is 6.54. The van der Waals surface area contributed by atoms with Crippen LogP contribution in [0.25, 0.3) is 0 Å². The molecule has 0 saturated heterocycles. The van der Waals surface area contributed by atoms with Crippen molar-refractivity contribution in [3.8, 4) is 0 Å². The minimum atomic E-state index is -0.513. The average Bonchev–Trinajstić information content (AvgIpc) is 2.46. The molecule has 19 heavy (non-hydrogen) atoms. The summed E-state index contributed by atoms with van der Waals surface area (Å²) in [6.45, 7) is 3.52. The van der Waals surface area contributed by atoms with Crippen LogP contribution in [0.1, 0.15) is 18.6 Å². The quantitative estimate of drug-likeness (QED) is 0.809. The molecule has 0 bridgehead atoms. The third-order valence-corrected chi connectivity index (χ3v) is 3.22. The van der Waals surface area contributed by atoms with Gasteiger partial charge in [0.05, 0.1) is 6.10 Å². The molecule has 0 spiro atoms. The van der Waals surface area contributed by atoms with Gasteiger partial charge in [-0.25, -0.2) is 0 Å². The molecule has 0 fully saturated rings. The predicted molar refractivity (Wildman–Crippen MR) is 80.1 cm³/mol. The van der Waals surface area contributed by atoms with Gasteiger partial charge in [-0.05, 0) is 36.8 Å². The molecule has 1 unspecified atom stereocenters. The SMILES string of the molecule is CCN(CC(O)c1ccc(N)cc1)c1ccccc1. The Hall–Kier alpha value is -2.00. The molecule has 0 amide bonds. The van der Waals surface area contributed by atoms with E-state index in [1.54, 1.807) is 0 Å². The first-order valence-electron chi connectivity index (χ1n) is 6.54. The Bertz CT molecular complexity index is 496. The number of aliphatic hydroxyl groups is 1. The summed E-state index contributed by atoms with van der Waals surface area (Å²) < 4.78 is 0. The molecule has 0 saturated carbocycles. The lowest BCUT2D eigenvalue weighted by Gasteiger charge is -2.26. The summed E-state index contributed by atoms with van der Waals surface area (Å²) in [7, 11) is 0. The second-order valence-corrected chi connectivity index (χ2v) is 4.56. The molecule has 0 aliphatic carbocycles. The van der Waals surface area contributed by atoms with Gasteiger partial charge in [-0.1, -0.05) is 30.3 Å². The topological polar surface area (TPSA) is 49.5 Å². The Labute approximate surface area is 114 Å². The van der Waals surface area contributed by atoms with Crippen molar-refractivity contribution in [1.82, 2.24) is 0 Å². The molecule has 2 aromatic carbocycles. The fraction of sp³-hybridized carbons (Fsp3) is 0.250. The Balaban J connectivity index is 2.08. The largest absolute Gasteiger partial charge is 0.399 e. The average molecular weight is 256 g/mol. The third-order valence-electron chi connectivity index (χ3n) is 3.22. The lowest BCUT2D eigenvalue weighted by molar-refractivity contribution is 0.183. The fourth-order valence-electron chi connectivity index (χ4n) is 2.09. The zero-order valence-corrected chi connectivity index (χ0v) is 11.2. The minimum absolute atomic E-state index is 0.513. The van der Waals surface area contributed by atoms with E-state index in [9.17, 15) is 5.11 Å². The number of anilines is 2. The van der Waals surface area contributed by atoms with Crippen molar-refractivity contribution in [3.05, 3.63) is 60.2 Å². The predicted octanol–water partition coefficient (Wildman–Crippen LogP) is 2.83. The van der Waals surface area contributed by atoms with Crippen LogP contribution in [0.4, 0.5) is 11.4 Å². The van der Waals surface area contributed by atoms with Crippen molar-refractivity contribution in [3.63, 3.8) is 0 Å². The molecular formula is C16H20N2O. The van der Waals surface area contributed by atoms with Crippen LogP contribution in [-0.2, 0) is 0 Å². The molecule has 1 atom stereocenters. The molecule has 0 aliphatic rings. The Morgan fingerprint density at radius 2 is 1.68 bits per heavy atom. The summed E-state index contributed by atoms with van der Waals surface area (Å²) in [6.07, 6.45) is -0.513. The standard InChI is InChI=1S/C16H20N2O/c1-2-18(15-6-4-3-5-7-15)12-16(19)13-8-10-14(17)11-9-13/h3-11,16,19H,2,12,17H2,1H3. The summed E-state index contributed by atoms with van der Waals surface area (Å²) in [4.78, 5) is 2.15. The van der Waals surface area contributed by atoms with Gasteiger partial charge in [0.15, 0.2) is 0 Å². The van der Waals surface area contributed by atoms with Gasteiger partial charge in [0.25, 0.3) is 0 Å². The first kappa shape index (κ1) is 13.4. The lowest BCUT2D eigenvalue weighted by atomic mass is 10.1. The van der Waals surface area contributed by atoms with Crippen molar-refractivity contribution in [1.29, 1.82) is 0 Å². The van der Waals surface area contributed by atoms with Gasteiger partial charge in [0.1, 0.15) is 0 Å². The van der Waals surface area contributed by atoms with Gasteiger partial charge in [0.2, 0.25) is 0 Å². The number of para-hydroxylation sites is 1. The number of rotatable bonds is 5. The molecule has 100 valence electrons. The molecule has 0 radical (unpaired) electrons. The molecule has 0 aliphatic heterocycles. The molecule has 0 aromatic heterocycles. The lowest BCUT2D eigenvalue weighted by Crippen LogP contribution is -2.28. The van der Waals surface area contributed by atoms with E-state index in [4.69, 9.17) is 5.73 Å². The first-order chi connectivity index (χ1) is 9.20.